The second-order valence-electron chi connectivity index (χ2n) is 5.33. The van der Waals surface area contributed by atoms with Crippen molar-refractivity contribution in [2.75, 3.05) is 13.2 Å². The zero-order valence-electron chi connectivity index (χ0n) is 11.2. The van der Waals surface area contributed by atoms with Crippen LogP contribution in [0.5, 0.6) is 0 Å². The molecule has 2 fully saturated rings. The molecule has 2 heterocycles. The van der Waals surface area contributed by atoms with Gasteiger partial charge in [0.15, 0.2) is 6.10 Å². The summed E-state index contributed by atoms with van der Waals surface area (Å²) in [6.45, 7) is 5.10. The Morgan fingerprint density at radius 1 is 1.21 bits per heavy atom. The number of hydrogen-bond donors (Lipinski definition) is 0. The van der Waals surface area contributed by atoms with E-state index in [2.05, 4.69) is 6.92 Å². The quantitative estimate of drug-likeness (QED) is 0.764. The van der Waals surface area contributed by atoms with Gasteiger partial charge in [-0.2, -0.15) is 0 Å². The predicted molar refractivity (Wildman–Crippen MR) is 69.0 cm³/mol. The molecule has 0 N–H and O–H groups in total. The molecular weight excluding hydrogens is 244 g/mol. The number of carbonyl (C=O) groups excluding carboxylic acids is 1. The van der Waals surface area contributed by atoms with Crippen molar-refractivity contribution in [1.29, 1.82) is 0 Å². The number of ether oxygens (including phenoxy) is 3. The third kappa shape index (κ3) is 2.26. The largest absolute Gasteiger partial charge is 0.453 e. The van der Waals surface area contributed by atoms with Crippen molar-refractivity contribution in [3.63, 3.8) is 0 Å². The number of aryl methyl sites for hydroxylation is 1. The lowest BCUT2D eigenvalue weighted by atomic mass is 10.0. The maximum atomic E-state index is 12.2. The molecule has 0 bridgehead atoms. The van der Waals surface area contributed by atoms with Gasteiger partial charge in [-0.25, -0.2) is 4.79 Å². The Kier molecular flexibility index (Phi) is 3.29. The number of esters is 1. The van der Waals surface area contributed by atoms with Gasteiger partial charge in [-0.1, -0.05) is 25.1 Å². The van der Waals surface area contributed by atoms with E-state index < -0.39 is 0 Å². The molecular formula is C15H18O4. The van der Waals surface area contributed by atoms with Crippen LogP contribution in [0.4, 0.5) is 0 Å². The van der Waals surface area contributed by atoms with Crippen LogP contribution in [0.15, 0.2) is 24.3 Å². The molecule has 1 unspecified atom stereocenters. The summed E-state index contributed by atoms with van der Waals surface area (Å²) >= 11 is 0. The van der Waals surface area contributed by atoms with Crippen molar-refractivity contribution in [3.8, 4) is 0 Å². The molecule has 2 saturated heterocycles. The molecule has 0 aliphatic carbocycles. The van der Waals surface area contributed by atoms with E-state index in [-0.39, 0.29) is 24.3 Å². The van der Waals surface area contributed by atoms with Crippen LogP contribution in [0, 0.1) is 12.8 Å². The highest BCUT2D eigenvalue weighted by Crippen LogP contribution is 2.32. The number of benzene rings is 1. The first-order valence-corrected chi connectivity index (χ1v) is 6.66. The summed E-state index contributed by atoms with van der Waals surface area (Å²) < 4.78 is 16.9. The van der Waals surface area contributed by atoms with Gasteiger partial charge in [-0.3, -0.25) is 0 Å². The van der Waals surface area contributed by atoms with E-state index in [1.165, 1.54) is 0 Å². The van der Waals surface area contributed by atoms with E-state index in [9.17, 15) is 4.79 Å². The molecule has 2 aliphatic heterocycles. The van der Waals surface area contributed by atoms with Gasteiger partial charge in [0.2, 0.25) is 0 Å². The van der Waals surface area contributed by atoms with E-state index in [1.54, 1.807) is 6.07 Å². The van der Waals surface area contributed by atoms with E-state index in [1.807, 2.05) is 25.1 Å². The zero-order chi connectivity index (χ0) is 13.4. The van der Waals surface area contributed by atoms with Crippen molar-refractivity contribution in [3.05, 3.63) is 35.4 Å². The topological polar surface area (TPSA) is 44.8 Å². The van der Waals surface area contributed by atoms with Crippen molar-refractivity contribution in [2.24, 2.45) is 5.92 Å². The van der Waals surface area contributed by atoms with Crippen molar-refractivity contribution < 1.29 is 19.0 Å². The van der Waals surface area contributed by atoms with Crippen LogP contribution < -0.4 is 0 Å². The van der Waals surface area contributed by atoms with Crippen LogP contribution in [0.2, 0.25) is 0 Å². The van der Waals surface area contributed by atoms with Gasteiger partial charge in [-0.05, 0) is 18.6 Å². The average Bonchev–Trinajstić information content (AvgIpc) is 2.95. The average molecular weight is 262 g/mol. The molecule has 4 atom stereocenters. The van der Waals surface area contributed by atoms with Crippen molar-refractivity contribution in [2.45, 2.75) is 32.2 Å². The fraction of sp³-hybridized carbons (Fsp3) is 0.533. The Labute approximate surface area is 112 Å². The highest BCUT2D eigenvalue weighted by atomic mass is 16.6. The Hall–Kier alpha value is -1.39. The molecule has 0 amide bonds. The number of carbonyl (C=O) groups is 1. The lowest BCUT2D eigenvalue weighted by molar-refractivity contribution is -0.0158. The van der Waals surface area contributed by atoms with Gasteiger partial charge >= 0.3 is 5.97 Å². The zero-order valence-corrected chi connectivity index (χ0v) is 11.2. The summed E-state index contributed by atoms with van der Waals surface area (Å²) in [6, 6.07) is 7.43. The van der Waals surface area contributed by atoms with E-state index in [0.717, 1.165) is 5.56 Å². The highest BCUT2D eigenvalue weighted by molar-refractivity contribution is 5.91. The highest BCUT2D eigenvalue weighted by Gasteiger charge is 2.47. The molecule has 3 rings (SSSR count). The molecule has 2 aliphatic rings. The lowest BCUT2D eigenvalue weighted by Gasteiger charge is -2.17. The third-order valence-electron chi connectivity index (χ3n) is 3.88. The van der Waals surface area contributed by atoms with Crippen LogP contribution in [0.1, 0.15) is 22.8 Å². The maximum absolute atomic E-state index is 12.2. The molecule has 4 heteroatoms. The first kappa shape index (κ1) is 12.6. The van der Waals surface area contributed by atoms with Gasteiger partial charge in [0.1, 0.15) is 6.10 Å². The smallest absolute Gasteiger partial charge is 0.338 e. The summed E-state index contributed by atoms with van der Waals surface area (Å²) in [6.07, 6.45) is -0.334. The van der Waals surface area contributed by atoms with Crippen molar-refractivity contribution in [1.82, 2.24) is 0 Å². The third-order valence-corrected chi connectivity index (χ3v) is 3.88. The molecule has 0 radical (unpaired) electrons. The van der Waals surface area contributed by atoms with E-state index >= 15 is 0 Å². The lowest BCUT2D eigenvalue weighted by Crippen LogP contribution is -2.33. The van der Waals surface area contributed by atoms with Gasteiger partial charge < -0.3 is 14.2 Å². The maximum Gasteiger partial charge on any atom is 0.338 e. The fourth-order valence-corrected chi connectivity index (χ4v) is 2.76. The van der Waals surface area contributed by atoms with Crippen LogP contribution in [-0.2, 0) is 14.2 Å². The monoisotopic (exact) mass is 262 g/mol. The molecule has 0 aromatic heterocycles. The molecule has 0 saturated carbocycles. The number of fused-ring (bicyclic) bond motifs is 1. The van der Waals surface area contributed by atoms with E-state index in [0.29, 0.717) is 24.7 Å². The first-order valence-electron chi connectivity index (χ1n) is 6.66. The number of rotatable bonds is 2. The van der Waals surface area contributed by atoms with Crippen LogP contribution in [0.25, 0.3) is 0 Å². The molecule has 1 aromatic carbocycles. The Bertz CT molecular complexity index is 485. The summed E-state index contributed by atoms with van der Waals surface area (Å²) in [7, 11) is 0. The molecule has 0 spiro atoms. The summed E-state index contributed by atoms with van der Waals surface area (Å²) in [4.78, 5) is 12.2. The fourth-order valence-electron chi connectivity index (χ4n) is 2.76. The van der Waals surface area contributed by atoms with E-state index in [4.69, 9.17) is 14.2 Å². The molecule has 19 heavy (non-hydrogen) atoms. The Balaban J connectivity index is 1.69. The van der Waals surface area contributed by atoms with Gasteiger partial charge in [0.25, 0.3) is 0 Å². The molecule has 1 aromatic rings. The number of hydrogen-bond acceptors (Lipinski definition) is 4. The predicted octanol–water partition coefficient (Wildman–Crippen LogP) is 1.95. The standard InChI is InChI=1S/C15H18O4/c1-9-5-3-4-6-11(9)15(16)19-12-8-18-13-10(2)7-17-14(12)13/h3-6,10,12-14H,7-8H2,1-2H3/t10?,12-,13-,14-/m1/s1. The minimum absolute atomic E-state index is 0.0645. The van der Waals surface area contributed by atoms with Crippen molar-refractivity contribution >= 4 is 5.97 Å². The summed E-state index contributed by atoms with van der Waals surface area (Å²) in [5.41, 5.74) is 1.53. The molecule has 102 valence electrons. The minimum Gasteiger partial charge on any atom is -0.453 e. The summed E-state index contributed by atoms with van der Waals surface area (Å²) in [5, 5.41) is 0. The van der Waals surface area contributed by atoms with Crippen LogP contribution >= 0.6 is 0 Å². The van der Waals surface area contributed by atoms with Gasteiger partial charge in [-0.15, -0.1) is 0 Å². The first-order chi connectivity index (χ1) is 9.16. The Morgan fingerprint density at radius 2 is 1.95 bits per heavy atom. The van der Waals surface area contributed by atoms with Gasteiger partial charge in [0, 0.05) is 5.92 Å². The second-order valence-corrected chi connectivity index (χ2v) is 5.33. The van der Waals surface area contributed by atoms with Crippen LogP contribution in [-0.4, -0.2) is 37.5 Å². The second kappa shape index (κ2) is 4.94. The molecule has 4 nitrogen and oxygen atoms in total. The summed E-state index contributed by atoms with van der Waals surface area (Å²) in [5.74, 6) is 0.0719. The van der Waals surface area contributed by atoms with Gasteiger partial charge in [0.05, 0.1) is 24.9 Å². The minimum atomic E-state index is -0.296. The normalized spacial score (nSPS) is 33.2. The van der Waals surface area contributed by atoms with Crippen LogP contribution in [0.3, 0.4) is 0 Å². The Morgan fingerprint density at radius 3 is 2.74 bits per heavy atom. The SMILES string of the molecule is Cc1ccccc1C(=O)O[C@@H]1CO[C@@H]2C(C)CO[C@@H]21.